The molecule has 0 radical (unpaired) electrons. The number of hydrogen-bond donors (Lipinski definition) is 2. The van der Waals surface area contributed by atoms with E-state index in [1.54, 1.807) is 4.90 Å². The van der Waals surface area contributed by atoms with Gasteiger partial charge in [-0.1, -0.05) is 18.2 Å². The molecule has 2 aromatic heterocycles. The topological polar surface area (TPSA) is 137 Å². The van der Waals surface area contributed by atoms with Crippen LogP contribution in [0.4, 0.5) is 15.0 Å². The zero-order chi connectivity index (χ0) is 30.0. The maximum absolute atomic E-state index is 13.6. The minimum Gasteiger partial charge on any atom is -0.496 e. The summed E-state index contributed by atoms with van der Waals surface area (Å²) >= 11 is 0. The molecule has 1 aliphatic rings. The van der Waals surface area contributed by atoms with Crippen LogP contribution < -0.4 is 15.8 Å². The van der Waals surface area contributed by atoms with Gasteiger partial charge in [0, 0.05) is 31.3 Å². The summed E-state index contributed by atoms with van der Waals surface area (Å²) in [7, 11) is 1.39. The highest BCUT2D eigenvalue weighted by Crippen LogP contribution is 2.34. The quantitative estimate of drug-likeness (QED) is 0.337. The second-order valence-corrected chi connectivity index (χ2v) is 11.2. The molecule has 11 nitrogen and oxygen atoms in total. The molecule has 1 aliphatic heterocycles. The molecule has 2 amide bonds. The summed E-state index contributed by atoms with van der Waals surface area (Å²) < 4.78 is 26.2. The Kier molecular flexibility index (Phi) is 7.97. The van der Waals surface area contributed by atoms with Crippen LogP contribution in [0.5, 0.6) is 5.75 Å². The van der Waals surface area contributed by atoms with Crippen molar-refractivity contribution < 1.29 is 23.5 Å². The number of piperidine rings is 1. The van der Waals surface area contributed by atoms with Crippen molar-refractivity contribution in [3.63, 3.8) is 0 Å². The number of amides is 2. The van der Waals surface area contributed by atoms with Gasteiger partial charge in [-0.2, -0.15) is 5.10 Å². The number of nitrogens with zero attached hydrogens (tertiary/aromatic N) is 5. The van der Waals surface area contributed by atoms with Gasteiger partial charge in [-0.05, 0) is 57.4 Å². The third kappa shape index (κ3) is 6.12. The number of carbonyl (C=O) groups is 2. The number of methoxy groups -OCH3 is 1. The first-order valence-corrected chi connectivity index (χ1v) is 13.7. The van der Waals surface area contributed by atoms with E-state index in [2.05, 4.69) is 15.3 Å². The molecule has 0 saturated carbocycles. The Bertz CT molecular complexity index is 1630. The fourth-order valence-corrected chi connectivity index (χ4v) is 5.06. The second kappa shape index (κ2) is 11.6. The van der Waals surface area contributed by atoms with Crippen LogP contribution in [0.25, 0.3) is 22.3 Å². The van der Waals surface area contributed by atoms with Gasteiger partial charge in [0.25, 0.3) is 5.91 Å². The Balaban J connectivity index is 1.41. The van der Waals surface area contributed by atoms with E-state index >= 15 is 0 Å². The summed E-state index contributed by atoms with van der Waals surface area (Å²) in [6, 6.07) is 11.2. The molecule has 1 saturated heterocycles. The molecular formula is C30H34FN7O4. The van der Waals surface area contributed by atoms with E-state index in [0.717, 1.165) is 24.0 Å². The van der Waals surface area contributed by atoms with E-state index in [-0.39, 0.29) is 30.0 Å². The number of fused-ring (bicyclic) bond motifs is 1. The number of ether oxygens (including phenoxy) is 2. The number of likely N-dealkylation sites (tertiary alicyclic amines) is 1. The number of halogens is 1. The Morgan fingerprint density at radius 1 is 1.17 bits per heavy atom. The highest BCUT2D eigenvalue weighted by Gasteiger charge is 2.31. The van der Waals surface area contributed by atoms with E-state index in [0.29, 0.717) is 35.6 Å². The van der Waals surface area contributed by atoms with Gasteiger partial charge in [0.05, 0.1) is 24.1 Å². The Morgan fingerprint density at radius 2 is 1.98 bits per heavy atom. The third-order valence-electron chi connectivity index (χ3n) is 6.97. The summed E-state index contributed by atoms with van der Waals surface area (Å²) in [6.07, 6.45) is 2.64. The molecular weight excluding hydrogens is 541 g/mol. The molecule has 12 heteroatoms. The van der Waals surface area contributed by atoms with E-state index in [1.165, 1.54) is 31.6 Å². The first-order valence-electron chi connectivity index (χ1n) is 13.7. The molecule has 3 N–H and O–H groups in total. The van der Waals surface area contributed by atoms with Crippen LogP contribution in [-0.2, 0) is 11.3 Å². The average molecular weight is 576 g/mol. The first kappa shape index (κ1) is 28.8. The minimum atomic E-state index is -0.590. The Morgan fingerprint density at radius 3 is 2.74 bits per heavy atom. The average Bonchev–Trinajstić information content (AvgIpc) is 3.36. The Hall–Kier alpha value is -4.74. The lowest BCUT2D eigenvalue weighted by Crippen LogP contribution is -2.43. The molecule has 0 bridgehead atoms. The standard InChI is InChI=1S/C30H34FN7O4/c1-30(2,3)42-29(40)37-12-6-9-21(16-37)38-27-24(26(32)34-17-35-27)25(36-38)19-8-5-7-18(13-19)15-33-28(39)22-11-10-20(31)14-23(22)41-4/h5,7-8,10-11,13-14,17,21H,6,9,12,15-16H2,1-4H3,(H,33,39)(H2,32,34,35)/t21-/m1/s1. The fraction of sp³-hybridized carbons (Fsp3) is 0.367. The van der Waals surface area contributed by atoms with Gasteiger partial charge in [-0.3, -0.25) is 4.79 Å². The van der Waals surface area contributed by atoms with Crippen molar-refractivity contribution in [1.29, 1.82) is 0 Å². The lowest BCUT2D eigenvalue weighted by Gasteiger charge is -2.34. The minimum absolute atomic E-state index is 0.134. The van der Waals surface area contributed by atoms with Crippen molar-refractivity contribution in [2.45, 2.75) is 51.8 Å². The normalized spacial score (nSPS) is 15.5. The van der Waals surface area contributed by atoms with Gasteiger partial charge in [-0.25, -0.2) is 23.8 Å². The number of hydrogen-bond acceptors (Lipinski definition) is 8. The molecule has 220 valence electrons. The van der Waals surface area contributed by atoms with Crippen molar-refractivity contribution >= 4 is 28.9 Å². The van der Waals surface area contributed by atoms with Crippen molar-refractivity contribution in [3.8, 4) is 17.0 Å². The zero-order valence-corrected chi connectivity index (χ0v) is 24.1. The van der Waals surface area contributed by atoms with Crippen molar-refractivity contribution in [1.82, 2.24) is 30.0 Å². The summed E-state index contributed by atoms with van der Waals surface area (Å²) in [5, 5.41) is 8.42. The van der Waals surface area contributed by atoms with E-state index in [4.69, 9.17) is 20.3 Å². The number of rotatable bonds is 6. The highest BCUT2D eigenvalue weighted by molar-refractivity contribution is 5.98. The fourth-order valence-electron chi connectivity index (χ4n) is 5.06. The van der Waals surface area contributed by atoms with Gasteiger partial charge in [0.2, 0.25) is 0 Å². The molecule has 1 fully saturated rings. The highest BCUT2D eigenvalue weighted by atomic mass is 19.1. The van der Waals surface area contributed by atoms with Gasteiger partial charge in [-0.15, -0.1) is 0 Å². The monoisotopic (exact) mass is 575 g/mol. The summed E-state index contributed by atoms with van der Waals surface area (Å²) in [5.74, 6) is -0.432. The smallest absolute Gasteiger partial charge is 0.410 e. The number of anilines is 1. The predicted octanol–water partition coefficient (Wildman–Crippen LogP) is 4.73. The molecule has 3 heterocycles. The van der Waals surface area contributed by atoms with Crippen molar-refractivity contribution in [3.05, 3.63) is 65.7 Å². The van der Waals surface area contributed by atoms with Crippen molar-refractivity contribution in [2.75, 3.05) is 25.9 Å². The zero-order valence-electron chi connectivity index (χ0n) is 24.1. The number of aromatic nitrogens is 4. The van der Waals surface area contributed by atoms with Gasteiger partial charge in [0.15, 0.2) is 5.65 Å². The number of carbonyl (C=O) groups excluding carboxylic acids is 2. The SMILES string of the molecule is COc1cc(F)ccc1C(=O)NCc1cccc(-c2nn([C@@H]3CCCN(C(=O)OC(C)(C)C)C3)c3ncnc(N)c23)c1. The molecule has 0 spiro atoms. The number of nitrogens with one attached hydrogen (secondary N) is 1. The number of nitrogens with two attached hydrogens (primary N) is 1. The molecule has 0 unspecified atom stereocenters. The predicted molar refractivity (Wildman–Crippen MR) is 155 cm³/mol. The lowest BCUT2D eigenvalue weighted by atomic mass is 10.1. The van der Waals surface area contributed by atoms with Gasteiger partial charge < -0.3 is 25.4 Å². The van der Waals surface area contributed by atoms with Crippen molar-refractivity contribution in [2.24, 2.45) is 0 Å². The van der Waals surface area contributed by atoms with Crippen LogP contribution in [0.15, 0.2) is 48.8 Å². The van der Waals surface area contributed by atoms with Crippen LogP contribution in [0, 0.1) is 5.82 Å². The summed E-state index contributed by atoms with van der Waals surface area (Å²) in [5.41, 5.74) is 8.75. The molecule has 4 aromatic rings. The largest absolute Gasteiger partial charge is 0.496 e. The van der Waals surface area contributed by atoms with E-state index in [1.807, 2.05) is 49.7 Å². The molecule has 0 aliphatic carbocycles. The maximum Gasteiger partial charge on any atom is 0.410 e. The van der Waals surface area contributed by atoms with Crippen LogP contribution in [0.3, 0.4) is 0 Å². The molecule has 1 atom stereocenters. The molecule has 2 aromatic carbocycles. The summed E-state index contributed by atoms with van der Waals surface area (Å²) in [6.45, 7) is 6.78. The molecule has 42 heavy (non-hydrogen) atoms. The number of nitrogen functional groups attached to an aromatic ring is 1. The van der Waals surface area contributed by atoms with Crippen LogP contribution in [-0.4, -0.2) is 62.4 Å². The van der Waals surface area contributed by atoms with Crippen LogP contribution >= 0.6 is 0 Å². The third-order valence-corrected chi connectivity index (χ3v) is 6.97. The van der Waals surface area contributed by atoms with Crippen LogP contribution in [0.1, 0.15) is 55.6 Å². The Labute approximate surface area is 242 Å². The maximum atomic E-state index is 13.6. The molecule has 5 rings (SSSR count). The second-order valence-electron chi connectivity index (χ2n) is 11.2. The number of benzene rings is 2. The summed E-state index contributed by atoms with van der Waals surface area (Å²) in [4.78, 5) is 36.0. The van der Waals surface area contributed by atoms with E-state index in [9.17, 15) is 14.0 Å². The lowest BCUT2D eigenvalue weighted by molar-refractivity contribution is 0.0169. The van der Waals surface area contributed by atoms with E-state index < -0.39 is 17.3 Å². The van der Waals surface area contributed by atoms with Gasteiger partial charge >= 0.3 is 6.09 Å². The van der Waals surface area contributed by atoms with Gasteiger partial charge in [0.1, 0.15) is 35.0 Å². The van der Waals surface area contributed by atoms with Crippen LogP contribution in [0.2, 0.25) is 0 Å². The first-order chi connectivity index (χ1) is 20.0.